The maximum atomic E-state index is 11.0. The summed E-state index contributed by atoms with van der Waals surface area (Å²) in [6, 6.07) is 22.7. The second-order valence-electron chi connectivity index (χ2n) is 7.17. The van der Waals surface area contributed by atoms with Gasteiger partial charge in [0.1, 0.15) is 23.0 Å². The molecule has 5 rings (SSSR count). The predicted octanol–water partition coefficient (Wildman–Crippen LogP) is 6.10. The van der Waals surface area contributed by atoms with Gasteiger partial charge in [-0.05, 0) is 46.5 Å². The number of aromatic hydroxyl groups is 2. The van der Waals surface area contributed by atoms with Crippen molar-refractivity contribution in [2.75, 3.05) is 14.2 Å². The second-order valence-corrected chi connectivity index (χ2v) is 7.17. The van der Waals surface area contributed by atoms with Crippen LogP contribution in [0.5, 0.6) is 23.0 Å². The molecule has 30 heavy (non-hydrogen) atoms. The normalized spacial score (nSPS) is 11.3. The van der Waals surface area contributed by atoms with Gasteiger partial charge in [-0.15, -0.1) is 0 Å². The van der Waals surface area contributed by atoms with E-state index < -0.39 is 0 Å². The lowest BCUT2D eigenvalue weighted by atomic mass is 9.79. The van der Waals surface area contributed by atoms with Crippen molar-refractivity contribution in [1.29, 1.82) is 0 Å². The van der Waals surface area contributed by atoms with Crippen molar-refractivity contribution in [3.63, 3.8) is 0 Å². The molecule has 0 spiro atoms. The molecule has 148 valence electrons. The number of phenolic OH excluding ortho intramolecular Hbond substituents is 2. The Morgan fingerprint density at radius 2 is 0.867 bits per heavy atom. The van der Waals surface area contributed by atoms with Crippen molar-refractivity contribution >= 4 is 0 Å². The smallest absolute Gasteiger partial charge is 0.127 e. The molecular weight excluding hydrogens is 376 g/mol. The summed E-state index contributed by atoms with van der Waals surface area (Å²) >= 11 is 0. The lowest BCUT2D eigenvalue weighted by Crippen LogP contribution is -2.01. The Morgan fingerprint density at radius 1 is 0.467 bits per heavy atom. The van der Waals surface area contributed by atoms with E-state index in [2.05, 4.69) is 12.1 Å². The van der Waals surface area contributed by atoms with Gasteiger partial charge < -0.3 is 19.7 Å². The van der Waals surface area contributed by atoms with Crippen LogP contribution in [0.2, 0.25) is 0 Å². The van der Waals surface area contributed by atoms with E-state index in [1.807, 2.05) is 48.5 Å². The molecule has 0 aromatic heterocycles. The van der Waals surface area contributed by atoms with E-state index in [9.17, 15) is 10.2 Å². The Morgan fingerprint density at radius 3 is 1.27 bits per heavy atom. The molecule has 0 heterocycles. The van der Waals surface area contributed by atoms with Gasteiger partial charge in [0.05, 0.1) is 14.2 Å². The number of phenols is 2. The highest BCUT2D eigenvalue weighted by Crippen LogP contribution is 2.57. The maximum absolute atomic E-state index is 11.0. The van der Waals surface area contributed by atoms with E-state index in [0.717, 1.165) is 33.4 Å². The Hall–Kier alpha value is -3.92. The Kier molecular flexibility index (Phi) is 4.14. The summed E-state index contributed by atoms with van der Waals surface area (Å²) in [5.41, 5.74) is 6.34. The largest absolute Gasteiger partial charge is 0.507 e. The van der Waals surface area contributed by atoms with Crippen molar-refractivity contribution in [2.24, 2.45) is 0 Å². The van der Waals surface area contributed by atoms with Gasteiger partial charge in [-0.3, -0.25) is 0 Å². The first-order chi connectivity index (χ1) is 14.7. The van der Waals surface area contributed by atoms with Crippen molar-refractivity contribution in [2.45, 2.75) is 0 Å². The quantitative estimate of drug-likeness (QED) is 0.354. The number of benzene rings is 4. The molecule has 0 radical (unpaired) electrons. The van der Waals surface area contributed by atoms with Gasteiger partial charge in [0.2, 0.25) is 0 Å². The fraction of sp³-hybridized carbons (Fsp3) is 0.0769. The lowest BCUT2D eigenvalue weighted by Gasteiger charge is -2.26. The van der Waals surface area contributed by atoms with E-state index in [1.165, 1.54) is 12.1 Å². The summed E-state index contributed by atoms with van der Waals surface area (Å²) in [6.45, 7) is 0. The van der Waals surface area contributed by atoms with E-state index in [-0.39, 0.29) is 11.5 Å². The molecule has 2 N–H and O–H groups in total. The van der Waals surface area contributed by atoms with E-state index in [4.69, 9.17) is 9.47 Å². The first kappa shape index (κ1) is 18.1. The van der Waals surface area contributed by atoms with Crippen LogP contribution in [0.25, 0.3) is 44.5 Å². The van der Waals surface area contributed by atoms with Crippen LogP contribution in [0.15, 0.2) is 72.8 Å². The van der Waals surface area contributed by atoms with Crippen LogP contribution in [-0.4, -0.2) is 24.4 Å². The van der Waals surface area contributed by atoms with Crippen molar-refractivity contribution in [3.05, 3.63) is 72.8 Å². The van der Waals surface area contributed by atoms with Crippen molar-refractivity contribution < 1.29 is 19.7 Å². The first-order valence-electron chi connectivity index (χ1n) is 9.65. The zero-order valence-electron chi connectivity index (χ0n) is 16.6. The molecule has 0 atom stereocenters. The molecule has 0 saturated carbocycles. The molecule has 0 amide bonds. The summed E-state index contributed by atoms with van der Waals surface area (Å²) in [7, 11) is 3.21. The highest BCUT2D eigenvalue weighted by molar-refractivity contribution is 6.08. The van der Waals surface area contributed by atoms with Crippen LogP contribution < -0.4 is 9.47 Å². The van der Waals surface area contributed by atoms with Crippen LogP contribution in [0.3, 0.4) is 0 Å². The molecule has 0 fully saturated rings. The topological polar surface area (TPSA) is 58.9 Å². The molecule has 1 aliphatic carbocycles. The van der Waals surface area contributed by atoms with Gasteiger partial charge in [0.15, 0.2) is 0 Å². The molecule has 0 saturated heterocycles. The number of methoxy groups -OCH3 is 2. The van der Waals surface area contributed by atoms with Gasteiger partial charge >= 0.3 is 0 Å². The number of ether oxygens (including phenoxy) is 2. The fourth-order valence-electron chi connectivity index (χ4n) is 4.41. The summed E-state index contributed by atoms with van der Waals surface area (Å²) < 4.78 is 11.4. The van der Waals surface area contributed by atoms with Crippen molar-refractivity contribution in [3.8, 4) is 67.5 Å². The fourth-order valence-corrected chi connectivity index (χ4v) is 4.41. The highest BCUT2D eigenvalue weighted by atomic mass is 16.5. The molecule has 0 bridgehead atoms. The Bertz CT molecular complexity index is 1190. The minimum Gasteiger partial charge on any atom is -0.507 e. The third kappa shape index (κ3) is 2.47. The third-order valence-corrected chi connectivity index (χ3v) is 5.66. The minimum atomic E-state index is 0.0600. The van der Waals surface area contributed by atoms with Crippen LogP contribution >= 0.6 is 0 Å². The zero-order valence-corrected chi connectivity index (χ0v) is 16.6. The average Bonchev–Trinajstić information content (AvgIpc) is 2.78. The molecule has 4 aromatic rings. The minimum absolute atomic E-state index is 0.0600. The van der Waals surface area contributed by atoms with Crippen LogP contribution in [0.1, 0.15) is 0 Å². The molecule has 0 aliphatic heterocycles. The van der Waals surface area contributed by atoms with Gasteiger partial charge in [0, 0.05) is 22.3 Å². The maximum Gasteiger partial charge on any atom is 0.127 e. The number of fused-ring (bicyclic) bond motifs is 8. The number of rotatable bonds is 2. The molecular formula is C26H20O4. The molecule has 4 aromatic carbocycles. The average molecular weight is 396 g/mol. The van der Waals surface area contributed by atoms with Crippen LogP contribution in [0.4, 0.5) is 0 Å². The summed E-state index contributed by atoms with van der Waals surface area (Å²) in [5.74, 6) is 1.35. The second kappa shape index (κ2) is 6.85. The predicted molar refractivity (Wildman–Crippen MR) is 118 cm³/mol. The lowest BCUT2D eigenvalue weighted by molar-refractivity contribution is 0.414. The van der Waals surface area contributed by atoms with Gasteiger partial charge in [-0.25, -0.2) is 0 Å². The summed E-state index contributed by atoms with van der Waals surface area (Å²) in [5, 5.41) is 22.0. The zero-order chi connectivity index (χ0) is 20.8. The first-order valence-corrected chi connectivity index (χ1v) is 9.65. The highest BCUT2D eigenvalue weighted by Gasteiger charge is 2.30. The van der Waals surface area contributed by atoms with Crippen LogP contribution in [0, 0.1) is 0 Å². The van der Waals surface area contributed by atoms with E-state index >= 15 is 0 Å². The third-order valence-electron chi connectivity index (χ3n) is 5.66. The van der Waals surface area contributed by atoms with E-state index in [0.29, 0.717) is 22.6 Å². The van der Waals surface area contributed by atoms with Gasteiger partial charge in [0.25, 0.3) is 0 Å². The monoisotopic (exact) mass is 396 g/mol. The summed E-state index contributed by atoms with van der Waals surface area (Å²) in [6.07, 6.45) is 0. The van der Waals surface area contributed by atoms with Crippen molar-refractivity contribution in [1.82, 2.24) is 0 Å². The number of hydrogen-bond donors (Lipinski definition) is 2. The number of hydrogen-bond acceptors (Lipinski definition) is 4. The molecule has 4 heteroatoms. The molecule has 0 unspecified atom stereocenters. The van der Waals surface area contributed by atoms with Gasteiger partial charge in [-0.2, -0.15) is 0 Å². The Balaban J connectivity index is 2.09. The van der Waals surface area contributed by atoms with E-state index in [1.54, 1.807) is 14.2 Å². The Labute approximate surface area is 174 Å². The molecule has 4 nitrogen and oxygen atoms in total. The SMILES string of the molecule is COc1cccc2c1-c1c(O)ccc(O)c1-c1c(OC)cccc1-c1ccccc1-2. The molecule has 1 aliphatic rings. The van der Waals surface area contributed by atoms with Gasteiger partial charge in [-0.1, -0.05) is 48.5 Å². The standard InChI is InChI=1S/C26H20O4/c1-29-21-11-5-9-17-15-7-3-4-8-16(15)18-10-6-12-22(30-2)24(18)26-20(28)14-13-19(27)25(26)23(17)21/h3-14,27-28H,1-2H3. The summed E-state index contributed by atoms with van der Waals surface area (Å²) in [4.78, 5) is 0. The van der Waals surface area contributed by atoms with Crippen LogP contribution in [-0.2, 0) is 0 Å².